The third kappa shape index (κ3) is 5.44. The van der Waals surface area contributed by atoms with Gasteiger partial charge in [0.1, 0.15) is 0 Å². The van der Waals surface area contributed by atoms with Gasteiger partial charge in [-0.3, -0.25) is 14.7 Å². The molecule has 0 bridgehead atoms. The molecule has 5 nitrogen and oxygen atoms in total. The summed E-state index contributed by atoms with van der Waals surface area (Å²) in [6.07, 6.45) is 7.86. The fourth-order valence-corrected chi connectivity index (χ4v) is 3.36. The van der Waals surface area contributed by atoms with E-state index in [1.165, 1.54) is 18.4 Å². The largest absolute Gasteiger partial charge is 0.340 e. The zero-order valence-electron chi connectivity index (χ0n) is 13.6. The van der Waals surface area contributed by atoms with Crippen molar-refractivity contribution < 1.29 is 4.79 Å². The lowest BCUT2D eigenvalue weighted by atomic mass is 10.1. The zero-order valence-corrected chi connectivity index (χ0v) is 14.4. The van der Waals surface area contributed by atoms with E-state index in [-0.39, 0.29) is 12.4 Å². The summed E-state index contributed by atoms with van der Waals surface area (Å²) in [6, 6.07) is 4.69. The van der Waals surface area contributed by atoms with Crippen LogP contribution in [0.2, 0.25) is 0 Å². The maximum atomic E-state index is 12.3. The van der Waals surface area contributed by atoms with Gasteiger partial charge in [0, 0.05) is 57.6 Å². The Morgan fingerprint density at radius 2 is 1.96 bits per heavy atom. The molecule has 3 heterocycles. The van der Waals surface area contributed by atoms with Crippen molar-refractivity contribution in [3.63, 3.8) is 0 Å². The number of carbonyl (C=O) groups is 1. The highest BCUT2D eigenvalue weighted by Crippen LogP contribution is 2.13. The molecule has 0 radical (unpaired) electrons. The van der Waals surface area contributed by atoms with E-state index in [0.29, 0.717) is 18.4 Å². The number of hydrogen-bond acceptors (Lipinski definition) is 4. The summed E-state index contributed by atoms with van der Waals surface area (Å²) in [5, 5.41) is 3.47. The van der Waals surface area contributed by atoms with Crippen molar-refractivity contribution in [1.82, 2.24) is 20.1 Å². The number of pyridine rings is 1. The number of aromatic nitrogens is 1. The molecule has 6 heteroatoms. The molecule has 0 saturated carbocycles. The highest BCUT2D eigenvalue weighted by atomic mass is 35.5. The minimum atomic E-state index is 0. The molecule has 2 saturated heterocycles. The SMILES string of the molecule is Cl.O=C(CCC1CCCN1)N1CCN(Cc2ccncc2)CC1. The smallest absolute Gasteiger partial charge is 0.222 e. The van der Waals surface area contributed by atoms with Crippen LogP contribution in [0.15, 0.2) is 24.5 Å². The predicted octanol–water partition coefficient (Wildman–Crippen LogP) is 1.68. The summed E-state index contributed by atoms with van der Waals surface area (Å²) >= 11 is 0. The van der Waals surface area contributed by atoms with E-state index < -0.39 is 0 Å². The zero-order chi connectivity index (χ0) is 15.2. The molecule has 1 N–H and O–H groups in total. The average Bonchev–Trinajstić information content (AvgIpc) is 3.08. The van der Waals surface area contributed by atoms with E-state index in [9.17, 15) is 4.79 Å². The van der Waals surface area contributed by atoms with Crippen molar-refractivity contribution >= 4 is 18.3 Å². The first kappa shape index (κ1) is 18.2. The number of nitrogens with zero attached hydrogens (tertiary/aromatic N) is 3. The maximum absolute atomic E-state index is 12.3. The van der Waals surface area contributed by atoms with Crippen molar-refractivity contribution in [2.24, 2.45) is 0 Å². The third-order valence-electron chi connectivity index (χ3n) is 4.75. The van der Waals surface area contributed by atoms with Crippen LogP contribution in [0.1, 0.15) is 31.2 Å². The molecule has 128 valence electrons. The van der Waals surface area contributed by atoms with Crippen LogP contribution in [0.25, 0.3) is 0 Å². The summed E-state index contributed by atoms with van der Waals surface area (Å²) in [5.41, 5.74) is 1.29. The fourth-order valence-electron chi connectivity index (χ4n) is 3.36. The van der Waals surface area contributed by atoms with Crippen molar-refractivity contribution in [3.05, 3.63) is 30.1 Å². The van der Waals surface area contributed by atoms with Gasteiger partial charge < -0.3 is 10.2 Å². The molecule has 1 atom stereocenters. The lowest BCUT2D eigenvalue weighted by molar-refractivity contribution is -0.133. The monoisotopic (exact) mass is 338 g/mol. The van der Waals surface area contributed by atoms with E-state index in [1.807, 2.05) is 17.3 Å². The van der Waals surface area contributed by atoms with Gasteiger partial charge in [0.15, 0.2) is 0 Å². The second-order valence-electron chi connectivity index (χ2n) is 6.34. The van der Waals surface area contributed by atoms with E-state index in [0.717, 1.165) is 45.7 Å². The molecule has 23 heavy (non-hydrogen) atoms. The third-order valence-corrected chi connectivity index (χ3v) is 4.75. The van der Waals surface area contributed by atoms with Crippen LogP contribution >= 0.6 is 12.4 Å². The Morgan fingerprint density at radius 3 is 2.61 bits per heavy atom. The molecular formula is C17H27ClN4O. The number of amides is 1. The molecule has 0 spiro atoms. The van der Waals surface area contributed by atoms with Gasteiger partial charge in [-0.15, -0.1) is 12.4 Å². The first-order valence-corrected chi connectivity index (χ1v) is 8.44. The minimum Gasteiger partial charge on any atom is -0.340 e. The van der Waals surface area contributed by atoms with Crippen LogP contribution in [0.4, 0.5) is 0 Å². The Kier molecular flexibility index (Phi) is 7.27. The van der Waals surface area contributed by atoms with Crippen LogP contribution in [0.3, 0.4) is 0 Å². The van der Waals surface area contributed by atoms with Gasteiger partial charge >= 0.3 is 0 Å². The summed E-state index contributed by atoms with van der Waals surface area (Å²) in [6.45, 7) is 5.73. The van der Waals surface area contributed by atoms with Gasteiger partial charge in [0.05, 0.1) is 0 Å². The van der Waals surface area contributed by atoms with Crippen LogP contribution < -0.4 is 5.32 Å². The quantitative estimate of drug-likeness (QED) is 0.887. The van der Waals surface area contributed by atoms with Crippen LogP contribution in [0.5, 0.6) is 0 Å². The lowest BCUT2D eigenvalue weighted by Crippen LogP contribution is -2.48. The summed E-state index contributed by atoms with van der Waals surface area (Å²) in [7, 11) is 0. The Bertz CT molecular complexity index is 471. The number of nitrogens with one attached hydrogen (secondary N) is 1. The number of rotatable bonds is 5. The van der Waals surface area contributed by atoms with Gasteiger partial charge in [-0.2, -0.15) is 0 Å². The summed E-state index contributed by atoms with van der Waals surface area (Å²) in [5.74, 6) is 0.331. The van der Waals surface area contributed by atoms with Crippen molar-refractivity contribution in [1.29, 1.82) is 0 Å². The molecule has 2 aliphatic heterocycles. The van der Waals surface area contributed by atoms with Gasteiger partial charge in [-0.1, -0.05) is 0 Å². The second kappa shape index (κ2) is 9.21. The van der Waals surface area contributed by atoms with Crippen molar-refractivity contribution in [2.75, 3.05) is 32.7 Å². The Balaban J connectivity index is 0.00000192. The molecule has 1 unspecified atom stereocenters. The summed E-state index contributed by atoms with van der Waals surface area (Å²) < 4.78 is 0. The number of carbonyl (C=O) groups excluding carboxylic acids is 1. The molecular weight excluding hydrogens is 312 g/mol. The second-order valence-corrected chi connectivity index (χ2v) is 6.34. The molecule has 0 aliphatic carbocycles. The molecule has 2 aliphatic rings. The van der Waals surface area contributed by atoms with Gasteiger partial charge in [-0.25, -0.2) is 0 Å². The minimum absolute atomic E-state index is 0. The molecule has 2 fully saturated rings. The average molecular weight is 339 g/mol. The molecule has 1 amide bonds. The number of piperazine rings is 1. The van der Waals surface area contributed by atoms with E-state index in [2.05, 4.69) is 27.3 Å². The standard InChI is InChI=1S/C17H26N4O.ClH/c22-17(4-3-16-2-1-7-19-16)21-12-10-20(11-13-21)14-15-5-8-18-9-6-15;/h5-6,8-9,16,19H,1-4,7,10-14H2;1H. The molecule has 1 aromatic rings. The Labute approximate surface area is 144 Å². The Morgan fingerprint density at radius 1 is 1.22 bits per heavy atom. The first-order valence-electron chi connectivity index (χ1n) is 8.44. The fraction of sp³-hybridized carbons (Fsp3) is 0.647. The molecule has 0 aromatic carbocycles. The highest BCUT2D eigenvalue weighted by molar-refractivity contribution is 5.85. The topological polar surface area (TPSA) is 48.5 Å². The number of hydrogen-bond donors (Lipinski definition) is 1. The van der Waals surface area contributed by atoms with Gasteiger partial charge in [-0.05, 0) is 43.5 Å². The molecule has 1 aromatic heterocycles. The highest BCUT2D eigenvalue weighted by Gasteiger charge is 2.22. The predicted molar refractivity (Wildman–Crippen MR) is 93.6 cm³/mol. The van der Waals surface area contributed by atoms with Crippen molar-refractivity contribution in [3.8, 4) is 0 Å². The Hall–Kier alpha value is -1.17. The van der Waals surface area contributed by atoms with Crippen LogP contribution in [-0.2, 0) is 11.3 Å². The van der Waals surface area contributed by atoms with Gasteiger partial charge in [0.25, 0.3) is 0 Å². The van der Waals surface area contributed by atoms with E-state index >= 15 is 0 Å². The molecule has 3 rings (SSSR count). The first-order chi connectivity index (χ1) is 10.8. The van der Waals surface area contributed by atoms with Crippen LogP contribution in [-0.4, -0.2) is 59.5 Å². The van der Waals surface area contributed by atoms with E-state index in [4.69, 9.17) is 0 Å². The van der Waals surface area contributed by atoms with Crippen molar-refractivity contribution in [2.45, 2.75) is 38.3 Å². The summed E-state index contributed by atoms with van der Waals surface area (Å²) in [4.78, 5) is 20.8. The maximum Gasteiger partial charge on any atom is 0.222 e. The van der Waals surface area contributed by atoms with Crippen LogP contribution in [0, 0.1) is 0 Å². The van der Waals surface area contributed by atoms with Gasteiger partial charge in [0.2, 0.25) is 5.91 Å². The lowest BCUT2D eigenvalue weighted by Gasteiger charge is -2.35. The normalized spacial score (nSPS) is 21.9. The van der Waals surface area contributed by atoms with E-state index in [1.54, 1.807) is 0 Å². The number of halogens is 1.